The summed E-state index contributed by atoms with van der Waals surface area (Å²) in [5, 5.41) is 3.09. The summed E-state index contributed by atoms with van der Waals surface area (Å²) in [6.07, 6.45) is 3.64. The molecule has 0 amide bonds. The van der Waals surface area contributed by atoms with Gasteiger partial charge in [0.05, 0.1) is 13.4 Å². The topological polar surface area (TPSA) is 75.7 Å². The normalized spacial score (nSPS) is 20.3. The molecule has 18 heavy (non-hydrogen) atoms. The van der Waals surface area contributed by atoms with Crippen molar-refractivity contribution in [1.82, 2.24) is 9.62 Å². The fourth-order valence-corrected chi connectivity index (χ4v) is 2.96. The molecule has 0 aromatic heterocycles. The summed E-state index contributed by atoms with van der Waals surface area (Å²) in [6.45, 7) is 4.71. The summed E-state index contributed by atoms with van der Waals surface area (Å²) in [5.74, 6) is -0.350. The summed E-state index contributed by atoms with van der Waals surface area (Å²) in [4.78, 5) is 11.9. The highest BCUT2D eigenvalue weighted by Gasteiger charge is 2.43. The molecule has 1 fully saturated rings. The third-order valence-corrected chi connectivity index (χ3v) is 4.51. The standard InChI is InChI=1S/C11H20N2O4S/c1-4-7-12-11(10(14)17-2)5-8-13(9-6-11)18(3,15)16/h4,12H,1,5-9H2,2-3H3. The van der Waals surface area contributed by atoms with Crippen LogP contribution < -0.4 is 5.32 Å². The van der Waals surface area contributed by atoms with Crippen LogP contribution in [0.4, 0.5) is 0 Å². The minimum atomic E-state index is -3.20. The van der Waals surface area contributed by atoms with Crippen LogP contribution in [0.5, 0.6) is 0 Å². The molecule has 1 saturated heterocycles. The molecule has 6 nitrogen and oxygen atoms in total. The van der Waals surface area contributed by atoms with Gasteiger partial charge in [-0.2, -0.15) is 0 Å². The number of sulfonamides is 1. The third-order valence-electron chi connectivity index (χ3n) is 3.21. The minimum Gasteiger partial charge on any atom is -0.468 e. The van der Waals surface area contributed by atoms with Crippen molar-refractivity contribution in [2.45, 2.75) is 18.4 Å². The van der Waals surface area contributed by atoms with Gasteiger partial charge in [-0.25, -0.2) is 12.7 Å². The lowest BCUT2D eigenvalue weighted by Crippen LogP contribution is -2.59. The molecule has 0 aliphatic carbocycles. The quantitative estimate of drug-likeness (QED) is 0.552. The second-order valence-corrected chi connectivity index (χ2v) is 6.39. The summed E-state index contributed by atoms with van der Waals surface area (Å²) in [5.41, 5.74) is -0.801. The third kappa shape index (κ3) is 3.30. The largest absolute Gasteiger partial charge is 0.468 e. The van der Waals surface area contributed by atoms with Gasteiger partial charge in [0.2, 0.25) is 10.0 Å². The molecule has 104 valence electrons. The van der Waals surface area contributed by atoms with Crippen LogP contribution in [0.1, 0.15) is 12.8 Å². The molecule has 1 aliphatic heterocycles. The maximum atomic E-state index is 11.9. The number of esters is 1. The Morgan fingerprint density at radius 3 is 2.44 bits per heavy atom. The van der Waals surface area contributed by atoms with E-state index < -0.39 is 15.6 Å². The highest BCUT2D eigenvalue weighted by molar-refractivity contribution is 7.88. The zero-order chi connectivity index (χ0) is 13.8. The second-order valence-electron chi connectivity index (χ2n) is 4.41. The van der Waals surface area contributed by atoms with Gasteiger partial charge in [0.15, 0.2) is 0 Å². The van der Waals surface area contributed by atoms with E-state index in [9.17, 15) is 13.2 Å². The monoisotopic (exact) mass is 276 g/mol. The van der Waals surface area contributed by atoms with Crippen LogP contribution in [0.25, 0.3) is 0 Å². The van der Waals surface area contributed by atoms with Gasteiger partial charge >= 0.3 is 5.97 Å². The lowest BCUT2D eigenvalue weighted by molar-refractivity contribution is -0.150. The fraction of sp³-hybridized carbons (Fsp3) is 0.727. The van der Waals surface area contributed by atoms with Crippen molar-refractivity contribution in [3.05, 3.63) is 12.7 Å². The first-order chi connectivity index (χ1) is 8.35. The number of carbonyl (C=O) groups is 1. The van der Waals surface area contributed by atoms with Crippen molar-refractivity contribution < 1.29 is 17.9 Å². The zero-order valence-electron chi connectivity index (χ0n) is 10.8. The van der Waals surface area contributed by atoms with Gasteiger partial charge < -0.3 is 4.74 Å². The Kier molecular flexibility index (Phi) is 4.89. The van der Waals surface area contributed by atoms with Crippen LogP contribution in [0.2, 0.25) is 0 Å². The number of ether oxygens (including phenoxy) is 1. The molecule has 0 radical (unpaired) electrons. The molecule has 0 bridgehead atoms. The number of piperidine rings is 1. The molecule has 7 heteroatoms. The molecule has 1 N–H and O–H groups in total. The van der Waals surface area contributed by atoms with Crippen molar-refractivity contribution in [1.29, 1.82) is 0 Å². The lowest BCUT2D eigenvalue weighted by Gasteiger charge is -2.39. The summed E-state index contributed by atoms with van der Waals surface area (Å²) in [6, 6.07) is 0. The molecular formula is C11H20N2O4S. The van der Waals surface area contributed by atoms with Crippen molar-refractivity contribution in [3.8, 4) is 0 Å². The number of carbonyl (C=O) groups excluding carboxylic acids is 1. The molecule has 0 spiro atoms. The number of methoxy groups -OCH3 is 1. The Labute approximate surface area is 108 Å². The van der Waals surface area contributed by atoms with Crippen LogP contribution in [0.3, 0.4) is 0 Å². The van der Waals surface area contributed by atoms with E-state index >= 15 is 0 Å². The highest BCUT2D eigenvalue weighted by Crippen LogP contribution is 2.25. The summed E-state index contributed by atoms with van der Waals surface area (Å²) < 4.78 is 29.0. The maximum Gasteiger partial charge on any atom is 0.326 e. The van der Waals surface area contributed by atoms with Crippen molar-refractivity contribution in [2.75, 3.05) is 33.0 Å². The Bertz CT molecular complexity index is 411. The number of rotatable bonds is 5. The first-order valence-corrected chi connectivity index (χ1v) is 7.60. The first-order valence-electron chi connectivity index (χ1n) is 5.75. The van der Waals surface area contributed by atoms with Gasteiger partial charge in [-0.15, -0.1) is 6.58 Å². The van der Waals surface area contributed by atoms with Crippen LogP contribution >= 0.6 is 0 Å². The molecule has 0 atom stereocenters. The number of nitrogens with zero attached hydrogens (tertiary/aromatic N) is 1. The molecule has 0 aromatic carbocycles. The van der Waals surface area contributed by atoms with Gasteiger partial charge in [0.1, 0.15) is 5.54 Å². The Morgan fingerprint density at radius 2 is 2.06 bits per heavy atom. The maximum absolute atomic E-state index is 11.9. The van der Waals surface area contributed by atoms with E-state index in [1.807, 2.05) is 0 Å². The second kappa shape index (κ2) is 5.81. The van der Waals surface area contributed by atoms with Crippen LogP contribution in [0.15, 0.2) is 12.7 Å². The zero-order valence-corrected chi connectivity index (χ0v) is 11.6. The van der Waals surface area contributed by atoms with E-state index in [1.165, 1.54) is 17.7 Å². The molecule has 0 saturated carbocycles. The average Bonchev–Trinajstić information content (AvgIpc) is 2.34. The van der Waals surface area contributed by atoms with Gasteiger partial charge in [-0.1, -0.05) is 6.08 Å². The van der Waals surface area contributed by atoms with Crippen LogP contribution in [0, 0.1) is 0 Å². The van der Waals surface area contributed by atoms with Crippen LogP contribution in [-0.2, 0) is 19.6 Å². The fourth-order valence-electron chi connectivity index (χ4n) is 2.12. The van der Waals surface area contributed by atoms with Gasteiger partial charge in [-0.3, -0.25) is 10.1 Å². The summed E-state index contributed by atoms with van der Waals surface area (Å²) >= 11 is 0. The van der Waals surface area contributed by atoms with Crippen molar-refractivity contribution in [3.63, 3.8) is 0 Å². The number of nitrogens with one attached hydrogen (secondary N) is 1. The van der Waals surface area contributed by atoms with Crippen molar-refractivity contribution in [2.24, 2.45) is 0 Å². The van der Waals surface area contributed by atoms with E-state index in [-0.39, 0.29) is 5.97 Å². The van der Waals surface area contributed by atoms with E-state index in [0.717, 1.165) is 0 Å². The smallest absolute Gasteiger partial charge is 0.326 e. The Morgan fingerprint density at radius 1 is 1.50 bits per heavy atom. The molecule has 0 aromatic rings. The van der Waals surface area contributed by atoms with Gasteiger partial charge in [0.25, 0.3) is 0 Å². The van der Waals surface area contributed by atoms with E-state index in [1.54, 1.807) is 6.08 Å². The summed E-state index contributed by atoms with van der Waals surface area (Å²) in [7, 11) is -1.86. The minimum absolute atomic E-state index is 0.318. The molecule has 0 unspecified atom stereocenters. The predicted octanol–water partition coefficient (Wildman–Crippen LogP) is -0.271. The van der Waals surface area contributed by atoms with E-state index in [2.05, 4.69) is 11.9 Å². The Balaban J connectivity index is 2.79. The first kappa shape index (κ1) is 15.1. The van der Waals surface area contributed by atoms with Gasteiger partial charge in [-0.05, 0) is 12.8 Å². The molecule has 1 rings (SSSR count). The number of hydrogen-bond donors (Lipinski definition) is 1. The van der Waals surface area contributed by atoms with Crippen molar-refractivity contribution >= 4 is 16.0 Å². The van der Waals surface area contributed by atoms with E-state index in [4.69, 9.17) is 4.74 Å². The highest BCUT2D eigenvalue weighted by atomic mass is 32.2. The molecule has 1 aliphatic rings. The van der Waals surface area contributed by atoms with Crippen LogP contribution in [-0.4, -0.2) is 57.2 Å². The van der Waals surface area contributed by atoms with Gasteiger partial charge in [0, 0.05) is 19.6 Å². The lowest BCUT2D eigenvalue weighted by atomic mass is 9.88. The SMILES string of the molecule is C=CCNC1(C(=O)OC)CCN(S(C)(=O)=O)CC1. The Hall–Kier alpha value is -0.920. The average molecular weight is 276 g/mol. The number of hydrogen-bond acceptors (Lipinski definition) is 5. The molecular weight excluding hydrogens is 256 g/mol. The van der Waals surface area contributed by atoms with E-state index in [0.29, 0.717) is 32.5 Å². The molecule has 1 heterocycles. The predicted molar refractivity (Wildman–Crippen MR) is 68.6 cm³/mol.